The third kappa shape index (κ3) is 5.91. The lowest BCUT2D eigenvalue weighted by molar-refractivity contribution is -0.116. The summed E-state index contributed by atoms with van der Waals surface area (Å²) < 4.78 is 7.35. The first-order valence-electron chi connectivity index (χ1n) is 11.2. The van der Waals surface area contributed by atoms with Crippen molar-refractivity contribution in [3.05, 3.63) is 72.8 Å². The van der Waals surface area contributed by atoms with Gasteiger partial charge in [-0.1, -0.05) is 18.2 Å². The molecule has 3 aromatic rings. The lowest BCUT2D eigenvalue weighted by Crippen LogP contribution is -2.47. The van der Waals surface area contributed by atoms with Gasteiger partial charge in [-0.2, -0.15) is 0 Å². The average Bonchev–Trinajstić information content (AvgIpc) is 3.37. The third-order valence-corrected chi connectivity index (χ3v) is 5.75. The number of methoxy groups -OCH3 is 1. The molecule has 1 unspecified atom stereocenters. The highest BCUT2D eigenvalue weighted by molar-refractivity contribution is 5.97. The van der Waals surface area contributed by atoms with E-state index >= 15 is 0 Å². The summed E-state index contributed by atoms with van der Waals surface area (Å²) >= 11 is 0. The van der Waals surface area contributed by atoms with Gasteiger partial charge in [-0.3, -0.25) is 9.59 Å². The van der Waals surface area contributed by atoms with Crippen molar-refractivity contribution in [3.63, 3.8) is 0 Å². The van der Waals surface area contributed by atoms with Crippen LogP contribution in [-0.2, 0) is 11.3 Å². The Balaban J connectivity index is 1.34. The molecule has 0 radical (unpaired) electrons. The first-order chi connectivity index (χ1) is 16.1. The van der Waals surface area contributed by atoms with E-state index in [0.29, 0.717) is 24.2 Å². The van der Waals surface area contributed by atoms with Gasteiger partial charge < -0.3 is 24.8 Å². The number of nitrogens with one attached hydrogen (secondary N) is 2. The molecule has 0 bridgehead atoms. The number of carbonyl (C=O) groups excluding carboxylic acids is 2. The monoisotopic (exact) mass is 447 g/mol. The molecule has 1 aliphatic rings. The van der Waals surface area contributed by atoms with Crippen molar-refractivity contribution >= 4 is 23.2 Å². The van der Waals surface area contributed by atoms with Gasteiger partial charge in [0.05, 0.1) is 19.1 Å². The van der Waals surface area contributed by atoms with Crippen LogP contribution >= 0.6 is 0 Å². The maximum Gasteiger partial charge on any atom is 0.251 e. The number of aryl methyl sites for hydroxylation is 1. The molecule has 8 heteroatoms. The highest BCUT2D eigenvalue weighted by Gasteiger charge is 2.24. The van der Waals surface area contributed by atoms with Crippen LogP contribution in [0.25, 0.3) is 0 Å². The molecule has 2 N–H and O–H groups in total. The molecular weight excluding hydrogens is 418 g/mol. The highest BCUT2D eigenvalue weighted by atomic mass is 16.5. The van der Waals surface area contributed by atoms with Crippen LogP contribution in [0.5, 0.6) is 5.75 Å². The minimum Gasteiger partial charge on any atom is -0.495 e. The Kier molecular flexibility index (Phi) is 7.24. The molecule has 2 heterocycles. The Morgan fingerprint density at radius 2 is 2.06 bits per heavy atom. The summed E-state index contributed by atoms with van der Waals surface area (Å²) in [6.45, 7) is 2.19. The number of aromatic nitrogens is 2. The Labute approximate surface area is 193 Å². The SMILES string of the molecule is COc1ccccc1N1CCCC(NC(=O)c2cccc(NC(=O)CCn3ccnc3)c2)C1. The topological polar surface area (TPSA) is 88.5 Å². The molecule has 0 spiro atoms. The predicted molar refractivity (Wildman–Crippen MR) is 128 cm³/mol. The second-order valence-corrected chi connectivity index (χ2v) is 8.11. The normalized spacial score (nSPS) is 15.7. The number of benzene rings is 2. The summed E-state index contributed by atoms with van der Waals surface area (Å²) in [7, 11) is 1.67. The summed E-state index contributed by atoms with van der Waals surface area (Å²) in [4.78, 5) is 31.4. The Morgan fingerprint density at radius 3 is 2.88 bits per heavy atom. The zero-order valence-corrected chi connectivity index (χ0v) is 18.7. The minimum absolute atomic E-state index is 0.0320. The Hall–Kier alpha value is -3.81. The molecule has 1 atom stereocenters. The second kappa shape index (κ2) is 10.7. The fraction of sp³-hybridized carbons (Fsp3) is 0.320. The van der Waals surface area contributed by atoms with Crippen molar-refractivity contribution < 1.29 is 14.3 Å². The van der Waals surface area contributed by atoms with Gasteiger partial charge in [-0.25, -0.2) is 4.98 Å². The summed E-state index contributed by atoms with van der Waals surface area (Å²) in [5, 5.41) is 6.02. The Morgan fingerprint density at radius 1 is 1.18 bits per heavy atom. The number of anilines is 2. The van der Waals surface area contributed by atoms with Crippen molar-refractivity contribution in [2.75, 3.05) is 30.4 Å². The van der Waals surface area contributed by atoms with Crippen LogP contribution in [0.2, 0.25) is 0 Å². The molecule has 1 aliphatic heterocycles. The van der Waals surface area contributed by atoms with Gasteiger partial charge in [0.25, 0.3) is 5.91 Å². The maximum atomic E-state index is 12.9. The van der Waals surface area contributed by atoms with E-state index in [1.54, 1.807) is 43.9 Å². The van der Waals surface area contributed by atoms with Crippen LogP contribution in [0.15, 0.2) is 67.3 Å². The number of carbonyl (C=O) groups is 2. The highest BCUT2D eigenvalue weighted by Crippen LogP contribution is 2.30. The number of rotatable bonds is 8. The number of para-hydroxylation sites is 2. The number of hydrogen-bond acceptors (Lipinski definition) is 5. The summed E-state index contributed by atoms with van der Waals surface area (Å²) in [6, 6.07) is 15.0. The van der Waals surface area contributed by atoms with Crippen LogP contribution in [0.4, 0.5) is 11.4 Å². The molecule has 1 aromatic heterocycles. The van der Waals surface area contributed by atoms with Gasteiger partial charge >= 0.3 is 0 Å². The van der Waals surface area contributed by atoms with Crippen LogP contribution < -0.4 is 20.3 Å². The zero-order valence-electron chi connectivity index (χ0n) is 18.7. The fourth-order valence-electron chi connectivity index (χ4n) is 4.08. The van der Waals surface area contributed by atoms with Crippen molar-refractivity contribution in [3.8, 4) is 5.75 Å². The van der Waals surface area contributed by atoms with Crippen LogP contribution in [0.3, 0.4) is 0 Å². The van der Waals surface area contributed by atoms with E-state index in [1.165, 1.54) is 0 Å². The van der Waals surface area contributed by atoms with Gasteiger partial charge in [0, 0.05) is 55.7 Å². The van der Waals surface area contributed by atoms with E-state index in [0.717, 1.165) is 37.4 Å². The third-order valence-electron chi connectivity index (χ3n) is 5.75. The predicted octanol–water partition coefficient (Wildman–Crippen LogP) is 3.32. The van der Waals surface area contributed by atoms with Crippen molar-refractivity contribution in [2.45, 2.75) is 31.8 Å². The van der Waals surface area contributed by atoms with Gasteiger partial charge in [0.1, 0.15) is 5.75 Å². The largest absolute Gasteiger partial charge is 0.495 e. The molecule has 0 aliphatic carbocycles. The lowest BCUT2D eigenvalue weighted by Gasteiger charge is -2.35. The first-order valence-corrected chi connectivity index (χ1v) is 11.2. The lowest BCUT2D eigenvalue weighted by atomic mass is 10.0. The van der Waals surface area contributed by atoms with E-state index in [2.05, 4.69) is 20.5 Å². The van der Waals surface area contributed by atoms with Gasteiger partial charge in [-0.05, 0) is 43.2 Å². The van der Waals surface area contributed by atoms with E-state index in [9.17, 15) is 9.59 Å². The van der Waals surface area contributed by atoms with Gasteiger partial charge in [0.15, 0.2) is 0 Å². The van der Waals surface area contributed by atoms with Gasteiger partial charge in [0.2, 0.25) is 5.91 Å². The van der Waals surface area contributed by atoms with Crippen molar-refractivity contribution in [1.82, 2.24) is 14.9 Å². The van der Waals surface area contributed by atoms with E-state index in [-0.39, 0.29) is 17.9 Å². The first kappa shape index (κ1) is 22.4. The molecular formula is C25H29N5O3. The molecule has 8 nitrogen and oxygen atoms in total. The number of piperidine rings is 1. The van der Waals surface area contributed by atoms with Crippen molar-refractivity contribution in [2.24, 2.45) is 0 Å². The second-order valence-electron chi connectivity index (χ2n) is 8.11. The van der Waals surface area contributed by atoms with E-state index in [1.807, 2.05) is 35.0 Å². The molecule has 1 fully saturated rings. The summed E-state index contributed by atoms with van der Waals surface area (Å²) in [6.07, 6.45) is 7.41. The molecule has 1 saturated heterocycles. The van der Waals surface area contributed by atoms with Crippen LogP contribution in [0, 0.1) is 0 Å². The number of imidazole rings is 1. The summed E-state index contributed by atoms with van der Waals surface area (Å²) in [5.41, 5.74) is 2.17. The average molecular weight is 448 g/mol. The molecule has 4 rings (SSSR count). The Bertz CT molecular complexity index is 1080. The quantitative estimate of drug-likeness (QED) is 0.553. The van der Waals surface area contributed by atoms with E-state index in [4.69, 9.17) is 4.74 Å². The molecule has 0 saturated carbocycles. The van der Waals surface area contributed by atoms with Crippen molar-refractivity contribution in [1.29, 1.82) is 0 Å². The number of nitrogens with zero attached hydrogens (tertiary/aromatic N) is 3. The molecule has 2 amide bonds. The van der Waals surface area contributed by atoms with E-state index < -0.39 is 0 Å². The van der Waals surface area contributed by atoms with Crippen LogP contribution in [-0.4, -0.2) is 47.6 Å². The molecule has 33 heavy (non-hydrogen) atoms. The standard InChI is InChI=1S/C25H29N5O3/c1-33-23-10-3-2-9-22(23)30-13-5-8-21(17-30)28-25(32)19-6-4-7-20(16-19)27-24(31)11-14-29-15-12-26-18-29/h2-4,6-7,9-10,12,15-16,18,21H,5,8,11,13-14,17H2,1H3,(H,27,31)(H,28,32). The van der Waals surface area contributed by atoms with Gasteiger partial charge in [-0.15, -0.1) is 0 Å². The maximum absolute atomic E-state index is 12.9. The van der Waals surface area contributed by atoms with Crippen LogP contribution in [0.1, 0.15) is 29.6 Å². The minimum atomic E-state index is -0.142. The number of hydrogen-bond donors (Lipinski definition) is 2. The zero-order chi connectivity index (χ0) is 23.0. The molecule has 172 valence electrons. The number of amides is 2. The summed E-state index contributed by atoms with van der Waals surface area (Å²) in [5.74, 6) is 0.582. The molecule has 2 aromatic carbocycles. The smallest absolute Gasteiger partial charge is 0.251 e. The fourth-order valence-corrected chi connectivity index (χ4v) is 4.08. The number of ether oxygens (including phenoxy) is 1.